The molecule has 1 heterocycles. The number of carbonyl (C=O) groups is 2. The molecule has 1 aliphatic rings. The monoisotopic (exact) mass is 264 g/mol. The maximum atomic E-state index is 12.2. The molecule has 0 spiro atoms. The molecule has 1 aromatic rings. The van der Waals surface area contributed by atoms with Crippen LogP contribution in [0.25, 0.3) is 0 Å². The molecule has 2 rings (SSSR count). The van der Waals surface area contributed by atoms with Crippen LogP contribution in [0.4, 0.5) is 0 Å². The molecule has 1 aliphatic heterocycles. The second-order valence-corrected chi connectivity index (χ2v) is 4.62. The summed E-state index contributed by atoms with van der Waals surface area (Å²) in [6, 6.07) is 6.84. The van der Waals surface area contributed by atoms with Gasteiger partial charge in [0, 0.05) is 13.0 Å². The Morgan fingerprint density at radius 1 is 1.32 bits per heavy atom. The summed E-state index contributed by atoms with van der Waals surface area (Å²) in [5.74, 6) is -1.60. The number of carboxylic acids is 1. The summed E-state index contributed by atoms with van der Waals surface area (Å²) < 4.78 is 0. The van der Waals surface area contributed by atoms with E-state index in [1.54, 1.807) is 30.3 Å². The molecule has 4 N–H and O–H groups in total. The van der Waals surface area contributed by atoms with Crippen molar-refractivity contribution in [3.63, 3.8) is 0 Å². The number of rotatable bonds is 3. The van der Waals surface area contributed by atoms with Crippen LogP contribution >= 0.6 is 0 Å². The van der Waals surface area contributed by atoms with Crippen LogP contribution in [0.15, 0.2) is 30.3 Å². The quantitative estimate of drug-likeness (QED) is 0.697. The van der Waals surface area contributed by atoms with Crippen LogP contribution in [0, 0.1) is 0 Å². The topological polar surface area (TPSA) is 104 Å². The van der Waals surface area contributed by atoms with Crippen LogP contribution in [0.2, 0.25) is 0 Å². The first kappa shape index (κ1) is 13.5. The number of β-amino-alcohol motifs (C(OH)–C–C–N with tert-alkyl or cyclic N) is 1. The van der Waals surface area contributed by atoms with Gasteiger partial charge in [-0.1, -0.05) is 30.3 Å². The van der Waals surface area contributed by atoms with E-state index in [2.05, 4.69) is 0 Å². The number of hydrogen-bond acceptors (Lipinski definition) is 4. The van der Waals surface area contributed by atoms with E-state index in [-0.39, 0.29) is 13.0 Å². The molecular weight excluding hydrogens is 248 g/mol. The minimum Gasteiger partial charge on any atom is -0.480 e. The number of aliphatic carboxylic acids is 1. The first-order chi connectivity index (χ1) is 9.00. The zero-order valence-corrected chi connectivity index (χ0v) is 10.3. The predicted octanol–water partition coefficient (Wildman–Crippen LogP) is -0.267. The molecule has 0 radical (unpaired) electrons. The fraction of sp³-hybridized carbons (Fsp3) is 0.385. The SMILES string of the molecule is N[C@H](C(=O)N1C[C@@H](O)C[C@H]1C(=O)O)c1ccccc1. The number of nitrogens with two attached hydrogens (primary N) is 1. The van der Waals surface area contributed by atoms with Gasteiger partial charge in [-0.25, -0.2) is 4.79 Å². The average molecular weight is 264 g/mol. The van der Waals surface area contributed by atoms with Crippen molar-refractivity contribution in [1.82, 2.24) is 4.90 Å². The molecule has 1 amide bonds. The van der Waals surface area contributed by atoms with Gasteiger partial charge in [-0.05, 0) is 5.56 Å². The lowest BCUT2D eigenvalue weighted by Crippen LogP contribution is -2.45. The Morgan fingerprint density at radius 2 is 1.95 bits per heavy atom. The summed E-state index contributed by atoms with van der Waals surface area (Å²) in [5.41, 5.74) is 6.48. The molecule has 1 fully saturated rings. The molecule has 19 heavy (non-hydrogen) atoms. The fourth-order valence-corrected chi connectivity index (χ4v) is 2.27. The number of amides is 1. The van der Waals surface area contributed by atoms with Gasteiger partial charge < -0.3 is 20.8 Å². The lowest BCUT2D eigenvalue weighted by atomic mass is 10.1. The Morgan fingerprint density at radius 3 is 2.53 bits per heavy atom. The second kappa shape index (κ2) is 5.38. The van der Waals surface area contributed by atoms with E-state index >= 15 is 0 Å². The number of aliphatic hydroxyl groups is 1. The predicted molar refractivity (Wildman–Crippen MR) is 67.1 cm³/mol. The third kappa shape index (κ3) is 2.74. The molecule has 0 aliphatic carbocycles. The normalized spacial score (nSPS) is 24.2. The number of hydrogen-bond donors (Lipinski definition) is 3. The summed E-state index contributed by atoms with van der Waals surface area (Å²) in [5, 5.41) is 18.6. The third-order valence-corrected chi connectivity index (χ3v) is 3.27. The Labute approximate surface area is 110 Å². The number of nitrogens with zero attached hydrogens (tertiary/aromatic N) is 1. The first-order valence-corrected chi connectivity index (χ1v) is 6.02. The van der Waals surface area contributed by atoms with Gasteiger partial charge in [-0.15, -0.1) is 0 Å². The van der Waals surface area contributed by atoms with Crippen LogP contribution < -0.4 is 5.73 Å². The maximum Gasteiger partial charge on any atom is 0.326 e. The lowest BCUT2D eigenvalue weighted by Gasteiger charge is -2.24. The number of likely N-dealkylation sites (tertiary alicyclic amines) is 1. The number of benzene rings is 1. The highest BCUT2D eigenvalue weighted by Gasteiger charge is 2.40. The molecule has 3 atom stereocenters. The van der Waals surface area contributed by atoms with Crippen molar-refractivity contribution in [3.8, 4) is 0 Å². The molecule has 0 saturated carbocycles. The Balaban J connectivity index is 2.17. The van der Waals surface area contributed by atoms with Crippen LogP contribution in [-0.4, -0.2) is 45.7 Å². The Kier molecular flexibility index (Phi) is 3.82. The zero-order chi connectivity index (χ0) is 14.0. The highest BCUT2D eigenvalue weighted by molar-refractivity contribution is 5.88. The standard InChI is InChI=1S/C13H16N2O4/c14-11(8-4-2-1-3-5-8)12(17)15-7-9(16)6-10(15)13(18)19/h1-5,9-11,16H,6-7,14H2,(H,18,19)/t9-,10-,11-/m0/s1. The van der Waals surface area contributed by atoms with Gasteiger partial charge in [0.25, 0.3) is 0 Å². The minimum atomic E-state index is -1.12. The van der Waals surface area contributed by atoms with E-state index in [1.165, 1.54) is 0 Å². The van der Waals surface area contributed by atoms with Crippen molar-refractivity contribution in [2.75, 3.05) is 6.54 Å². The van der Waals surface area contributed by atoms with Crippen molar-refractivity contribution in [2.45, 2.75) is 24.6 Å². The van der Waals surface area contributed by atoms with Gasteiger partial charge in [0.2, 0.25) is 5.91 Å². The zero-order valence-electron chi connectivity index (χ0n) is 10.3. The van der Waals surface area contributed by atoms with Crippen molar-refractivity contribution < 1.29 is 19.8 Å². The van der Waals surface area contributed by atoms with E-state index in [1.807, 2.05) is 0 Å². The molecule has 102 valence electrons. The Hall–Kier alpha value is -1.92. The van der Waals surface area contributed by atoms with Crippen LogP contribution in [0.1, 0.15) is 18.0 Å². The number of carbonyl (C=O) groups excluding carboxylic acids is 1. The van der Waals surface area contributed by atoms with Gasteiger partial charge in [-0.3, -0.25) is 4.79 Å². The summed E-state index contributed by atoms with van der Waals surface area (Å²) >= 11 is 0. The first-order valence-electron chi connectivity index (χ1n) is 6.02. The van der Waals surface area contributed by atoms with Gasteiger partial charge in [0.05, 0.1) is 6.10 Å². The van der Waals surface area contributed by atoms with Crippen molar-refractivity contribution in [3.05, 3.63) is 35.9 Å². The molecule has 1 saturated heterocycles. The van der Waals surface area contributed by atoms with Crippen molar-refractivity contribution in [2.24, 2.45) is 5.73 Å². The molecule has 6 nitrogen and oxygen atoms in total. The third-order valence-electron chi connectivity index (χ3n) is 3.27. The van der Waals surface area contributed by atoms with Gasteiger partial charge in [-0.2, -0.15) is 0 Å². The summed E-state index contributed by atoms with van der Waals surface area (Å²) in [4.78, 5) is 24.5. The summed E-state index contributed by atoms with van der Waals surface area (Å²) in [6.07, 6.45) is -0.768. The maximum absolute atomic E-state index is 12.2. The highest BCUT2D eigenvalue weighted by atomic mass is 16.4. The molecular formula is C13H16N2O4. The smallest absolute Gasteiger partial charge is 0.326 e. The highest BCUT2D eigenvalue weighted by Crippen LogP contribution is 2.22. The van der Waals surface area contributed by atoms with Crippen LogP contribution in [0.5, 0.6) is 0 Å². The van der Waals surface area contributed by atoms with E-state index in [0.29, 0.717) is 5.56 Å². The molecule has 0 unspecified atom stereocenters. The molecule has 0 bridgehead atoms. The fourth-order valence-electron chi connectivity index (χ4n) is 2.27. The molecule has 1 aromatic carbocycles. The van der Waals surface area contributed by atoms with Gasteiger partial charge >= 0.3 is 5.97 Å². The van der Waals surface area contributed by atoms with Gasteiger partial charge in [0.1, 0.15) is 12.1 Å². The Bertz CT molecular complexity index is 477. The number of carboxylic acid groups (broad SMARTS) is 1. The molecule has 6 heteroatoms. The summed E-state index contributed by atoms with van der Waals surface area (Å²) in [7, 11) is 0. The van der Waals surface area contributed by atoms with Crippen LogP contribution in [0.3, 0.4) is 0 Å². The average Bonchev–Trinajstić information content (AvgIpc) is 2.80. The van der Waals surface area contributed by atoms with E-state index < -0.39 is 30.1 Å². The van der Waals surface area contributed by atoms with E-state index in [0.717, 1.165) is 4.90 Å². The van der Waals surface area contributed by atoms with Gasteiger partial charge in [0.15, 0.2) is 0 Å². The van der Waals surface area contributed by atoms with E-state index in [9.17, 15) is 14.7 Å². The summed E-state index contributed by atoms with van der Waals surface area (Å²) in [6.45, 7) is 0.0103. The molecule has 0 aromatic heterocycles. The largest absolute Gasteiger partial charge is 0.480 e. The van der Waals surface area contributed by atoms with Crippen molar-refractivity contribution in [1.29, 1.82) is 0 Å². The van der Waals surface area contributed by atoms with Crippen molar-refractivity contribution >= 4 is 11.9 Å². The minimum absolute atomic E-state index is 0.0103. The number of aliphatic hydroxyl groups excluding tert-OH is 1. The second-order valence-electron chi connectivity index (χ2n) is 4.62. The van der Waals surface area contributed by atoms with E-state index in [4.69, 9.17) is 10.8 Å². The van der Waals surface area contributed by atoms with Crippen LogP contribution in [-0.2, 0) is 9.59 Å². The lowest BCUT2D eigenvalue weighted by molar-refractivity contribution is -0.148.